The fourth-order valence-electron chi connectivity index (χ4n) is 2.28. The molecule has 1 aliphatic carbocycles. The largest absolute Gasteiger partial charge is 0.373 e. The molecule has 106 valence electrons. The van der Waals surface area contributed by atoms with Gasteiger partial charge in [-0.05, 0) is 31.6 Å². The van der Waals surface area contributed by atoms with Crippen LogP contribution in [0.4, 0.5) is 5.82 Å². The van der Waals surface area contributed by atoms with Gasteiger partial charge in [0.15, 0.2) is 5.82 Å². The summed E-state index contributed by atoms with van der Waals surface area (Å²) in [7, 11) is 1.76. The number of rotatable bonds is 8. The number of nitrogens with one attached hydrogen (secondary N) is 1. The van der Waals surface area contributed by atoms with Crippen molar-refractivity contribution in [2.24, 2.45) is 5.92 Å². The summed E-state index contributed by atoms with van der Waals surface area (Å²) in [6, 6.07) is 2.07. The van der Waals surface area contributed by atoms with Gasteiger partial charge in [0, 0.05) is 25.4 Å². The molecule has 0 radical (unpaired) electrons. The zero-order valence-corrected chi connectivity index (χ0v) is 12.3. The van der Waals surface area contributed by atoms with E-state index in [9.17, 15) is 0 Å². The highest BCUT2D eigenvalue weighted by atomic mass is 16.5. The van der Waals surface area contributed by atoms with Gasteiger partial charge in [-0.3, -0.25) is 0 Å². The predicted molar refractivity (Wildman–Crippen MR) is 77.3 cm³/mol. The number of hydrogen-bond donors (Lipinski definition) is 1. The van der Waals surface area contributed by atoms with Crippen molar-refractivity contribution in [3.63, 3.8) is 0 Å². The van der Waals surface area contributed by atoms with E-state index in [0.717, 1.165) is 43.1 Å². The Labute approximate surface area is 116 Å². The Morgan fingerprint density at radius 3 is 2.68 bits per heavy atom. The topological polar surface area (TPSA) is 47.0 Å². The molecule has 0 amide bonds. The molecule has 4 nitrogen and oxygen atoms in total. The van der Waals surface area contributed by atoms with Crippen LogP contribution in [0.25, 0.3) is 0 Å². The number of hydrogen-bond acceptors (Lipinski definition) is 4. The van der Waals surface area contributed by atoms with Gasteiger partial charge in [0.1, 0.15) is 11.9 Å². The molecule has 2 rings (SSSR count). The molecule has 1 heterocycles. The van der Waals surface area contributed by atoms with Gasteiger partial charge in [-0.25, -0.2) is 9.97 Å². The minimum absolute atomic E-state index is 0.0685. The predicted octanol–water partition coefficient (Wildman–Crippen LogP) is 3.35. The Morgan fingerprint density at radius 2 is 2.11 bits per heavy atom. The standard InChI is InChI=1S/C15H25N3O/c1-4-6-12-10-13(16-9-5-2)18-15(17-12)14(19-3)11-7-8-11/h10-11,14H,4-9H2,1-3H3,(H,16,17,18). The number of aromatic nitrogens is 2. The molecule has 1 aliphatic rings. The van der Waals surface area contributed by atoms with E-state index < -0.39 is 0 Å². The summed E-state index contributed by atoms with van der Waals surface area (Å²) < 4.78 is 5.60. The van der Waals surface area contributed by atoms with Crippen LogP contribution >= 0.6 is 0 Å². The third-order valence-corrected chi connectivity index (χ3v) is 3.42. The maximum Gasteiger partial charge on any atom is 0.159 e. The zero-order chi connectivity index (χ0) is 13.7. The Hall–Kier alpha value is -1.16. The van der Waals surface area contributed by atoms with Gasteiger partial charge in [-0.15, -0.1) is 0 Å². The Morgan fingerprint density at radius 1 is 1.32 bits per heavy atom. The van der Waals surface area contributed by atoms with Crippen molar-refractivity contribution in [1.29, 1.82) is 0 Å². The maximum atomic E-state index is 5.60. The van der Waals surface area contributed by atoms with E-state index in [2.05, 4.69) is 35.2 Å². The van der Waals surface area contributed by atoms with Gasteiger partial charge in [0.25, 0.3) is 0 Å². The van der Waals surface area contributed by atoms with E-state index in [1.807, 2.05) is 0 Å². The van der Waals surface area contributed by atoms with Crippen LogP contribution in [0.2, 0.25) is 0 Å². The molecule has 0 bridgehead atoms. The fourth-order valence-corrected chi connectivity index (χ4v) is 2.28. The van der Waals surface area contributed by atoms with Crippen molar-refractivity contribution in [3.05, 3.63) is 17.6 Å². The second-order valence-corrected chi connectivity index (χ2v) is 5.27. The van der Waals surface area contributed by atoms with Crippen LogP contribution in [0.5, 0.6) is 0 Å². The van der Waals surface area contributed by atoms with Crippen molar-refractivity contribution in [1.82, 2.24) is 9.97 Å². The zero-order valence-electron chi connectivity index (χ0n) is 12.3. The minimum Gasteiger partial charge on any atom is -0.373 e. The monoisotopic (exact) mass is 263 g/mol. The lowest BCUT2D eigenvalue weighted by atomic mass is 10.2. The summed E-state index contributed by atoms with van der Waals surface area (Å²) >= 11 is 0. The number of ether oxygens (including phenoxy) is 1. The molecule has 1 aromatic heterocycles. The molecule has 1 unspecified atom stereocenters. The third kappa shape index (κ3) is 3.90. The van der Waals surface area contributed by atoms with Gasteiger partial charge in [0.2, 0.25) is 0 Å². The van der Waals surface area contributed by atoms with Crippen LogP contribution in [-0.2, 0) is 11.2 Å². The highest BCUT2D eigenvalue weighted by Crippen LogP contribution is 2.42. The normalized spacial score (nSPS) is 16.4. The van der Waals surface area contributed by atoms with E-state index in [4.69, 9.17) is 4.74 Å². The Kier molecular flexibility index (Phi) is 5.14. The molecule has 19 heavy (non-hydrogen) atoms. The second kappa shape index (κ2) is 6.85. The highest BCUT2D eigenvalue weighted by Gasteiger charge is 2.34. The first-order valence-electron chi connectivity index (χ1n) is 7.43. The lowest BCUT2D eigenvalue weighted by molar-refractivity contribution is 0.0771. The summed E-state index contributed by atoms with van der Waals surface area (Å²) in [6.45, 7) is 5.28. The van der Waals surface area contributed by atoms with Crippen LogP contribution in [-0.4, -0.2) is 23.6 Å². The first-order valence-corrected chi connectivity index (χ1v) is 7.43. The molecule has 1 saturated carbocycles. The van der Waals surface area contributed by atoms with Crippen LogP contribution in [0.15, 0.2) is 6.07 Å². The Bertz CT molecular complexity index is 404. The maximum absolute atomic E-state index is 5.60. The van der Waals surface area contributed by atoms with Crippen molar-refractivity contribution < 1.29 is 4.74 Å². The van der Waals surface area contributed by atoms with Crippen molar-refractivity contribution in [3.8, 4) is 0 Å². The van der Waals surface area contributed by atoms with Gasteiger partial charge >= 0.3 is 0 Å². The van der Waals surface area contributed by atoms with Crippen molar-refractivity contribution in [2.45, 2.75) is 52.1 Å². The SMILES string of the molecule is CCCNc1cc(CCC)nc(C(OC)C2CC2)n1. The van der Waals surface area contributed by atoms with E-state index >= 15 is 0 Å². The Balaban J connectivity index is 2.21. The smallest absolute Gasteiger partial charge is 0.159 e. The molecular weight excluding hydrogens is 238 g/mol. The van der Waals surface area contributed by atoms with Crippen LogP contribution < -0.4 is 5.32 Å². The molecule has 0 saturated heterocycles. The quantitative estimate of drug-likeness (QED) is 0.781. The number of anilines is 1. The van der Waals surface area contributed by atoms with Gasteiger partial charge in [-0.2, -0.15) is 0 Å². The number of nitrogens with zero attached hydrogens (tertiary/aromatic N) is 2. The average molecular weight is 263 g/mol. The van der Waals surface area contributed by atoms with Gasteiger partial charge in [-0.1, -0.05) is 20.3 Å². The van der Waals surface area contributed by atoms with E-state index in [1.54, 1.807) is 7.11 Å². The second-order valence-electron chi connectivity index (χ2n) is 5.27. The lowest BCUT2D eigenvalue weighted by Crippen LogP contribution is -2.13. The van der Waals surface area contributed by atoms with Gasteiger partial charge in [0.05, 0.1) is 0 Å². The van der Waals surface area contributed by atoms with E-state index in [-0.39, 0.29) is 6.10 Å². The number of aryl methyl sites for hydroxylation is 1. The summed E-state index contributed by atoms with van der Waals surface area (Å²) in [4.78, 5) is 9.33. The summed E-state index contributed by atoms with van der Waals surface area (Å²) in [5.74, 6) is 2.41. The average Bonchev–Trinajstić information content (AvgIpc) is 3.22. The molecule has 0 aliphatic heterocycles. The summed E-state index contributed by atoms with van der Waals surface area (Å²) in [5.41, 5.74) is 1.12. The van der Waals surface area contributed by atoms with Crippen LogP contribution in [0.1, 0.15) is 57.2 Å². The molecule has 0 aromatic carbocycles. The molecule has 1 fully saturated rings. The molecule has 1 aromatic rings. The summed E-state index contributed by atoms with van der Waals surface area (Å²) in [5, 5.41) is 3.37. The van der Waals surface area contributed by atoms with Gasteiger partial charge < -0.3 is 10.1 Å². The molecular formula is C15H25N3O. The van der Waals surface area contributed by atoms with E-state index in [1.165, 1.54) is 12.8 Å². The van der Waals surface area contributed by atoms with Crippen LogP contribution in [0, 0.1) is 5.92 Å². The van der Waals surface area contributed by atoms with Crippen LogP contribution in [0.3, 0.4) is 0 Å². The third-order valence-electron chi connectivity index (χ3n) is 3.42. The first kappa shape index (κ1) is 14.3. The molecule has 4 heteroatoms. The molecule has 1 N–H and O–H groups in total. The molecule has 0 spiro atoms. The van der Waals surface area contributed by atoms with E-state index in [0.29, 0.717) is 5.92 Å². The fraction of sp³-hybridized carbons (Fsp3) is 0.733. The first-order chi connectivity index (χ1) is 9.28. The highest BCUT2D eigenvalue weighted by molar-refractivity contribution is 5.36. The van der Waals surface area contributed by atoms with Crippen molar-refractivity contribution in [2.75, 3.05) is 19.0 Å². The van der Waals surface area contributed by atoms with Crippen molar-refractivity contribution >= 4 is 5.82 Å². The summed E-state index contributed by atoms with van der Waals surface area (Å²) in [6.07, 6.45) is 5.73. The number of methoxy groups -OCH3 is 1. The molecule has 1 atom stereocenters. The minimum atomic E-state index is 0.0685. The lowest BCUT2D eigenvalue weighted by Gasteiger charge is -2.16.